The first-order valence-electron chi connectivity index (χ1n) is 15.7. The maximum atomic E-state index is 12.0. The topological polar surface area (TPSA) is 78.6 Å². The summed E-state index contributed by atoms with van der Waals surface area (Å²) in [5.41, 5.74) is 5.89. The molecule has 0 aliphatic carbocycles. The van der Waals surface area contributed by atoms with Gasteiger partial charge in [-0.15, -0.1) is 0 Å². The van der Waals surface area contributed by atoms with Crippen LogP contribution in [0.1, 0.15) is 168 Å². The van der Waals surface area contributed by atoms with Gasteiger partial charge in [-0.05, 0) is 19.3 Å². The quantitative estimate of drug-likeness (QED) is 0.0838. The molecule has 0 amide bonds. The third-order valence-corrected chi connectivity index (χ3v) is 6.97. The van der Waals surface area contributed by atoms with E-state index < -0.39 is 12.0 Å². The van der Waals surface area contributed by atoms with Crippen LogP contribution in [0, 0.1) is 0 Å². The van der Waals surface area contributed by atoms with Gasteiger partial charge in [0.15, 0.2) is 0 Å². The van der Waals surface area contributed by atoms with Crippen LogP contribution in [0.2, 0.25) is 0 Å². The van der Waals surface area contributed by atoms with Crippen molar-refractivity contribution in [3.8, 4) is 0 Å². The number of rotatable bonds is 28. The van der Waals surface area contributed by atoms with Crippen LogP contribution in [0.3, 0.4) is 0 Å². The molecule has 0 fully saturated rings. The number of hydrogen-bond donors (Lipinski definition) is 1. The minimum absolute atomic E-state index is 0.173. The molecule has 0 bridgehead atoms. The average Bonchev–Trinajstić information content (AvgIpc) is 2.88. The van der Waals surface area contributed by atoms with Gasteiger partial charge >= 0.3 is 11.9 Å². The first-order valence-corrected chi connectivity index (χ1v) is 15.7. The standard InChI is InChI=1S/C31H61NO4/c1-3-5-7-9-11-13-15-17-19-21-23-27-35-30(33)26-25-29(32)31(34)36-28-24-22-20-18-16-14-12-10-8-6-4-2/h29H,3-28,32H2,1-2H3/t29-/m0/s1. The summed E-state index contributed by atoms with van der Waals surface area (Å²) in [6.45, 7) is 5.40. The molecule has 0 aromatic carbocycles. The van der Waals surface area contributed by atoms with Crippen LogP contribution in [0.4, 0.5) is 0 Å². The lowest BCUT2D eigenvalue weighted by Gasteiger charge is -2.11. The summed E-state index contributed by atoms with van der Waals surface area (Å²) >= 11 is 0. The lowest BCUT2D eigenvalue weighted by molar-refractivity contribution is -0.146. The Morgan fingerprint density at radius 2 is 0.861 bits per heavy atom. The highest BCUT2D eigenvalue weighted by atomic mass is 16.5. The van der Waals surface area contributed by atoms with Gasteiger partial charge in [0.05, 0.1) is 13.2 Å². The number of hydrogen-bond acceptors (Lipinski definition) is 5. The lowest BCUT2D eigenvalue weighted by Crippen LogP contribution is -2.33. The van der Waals surface area contributed by atoms with Crippen molar-refractivity contribution in [2.75, 3.05) is 13.2 Å². The molecular formula is C31H61NO4. The van der Waals surface area contributed by atoms with Gasteiger partial charge in [-0.3, -0.25) is 9.59 Å². The molecule has 0 unspecified atom stereocenters. The normalized spacial score (nSPS) is 12.0. The van der Waals surface area contributed by atoms with E-state index in [4.69, 9.17) is 15.2 Å². The van der Waals surface area contributed by atoms with Crippen molar-refractivity contribution in [1.82, 2.24) is 0 Å². The van der Waals surface area contributed by atoms with Crippen LogP contribution in [-0.4, -0.2) is 31.2 Å². The molecule has 5 heteroatoms. The Bertz CT molecular complexity index is 483. The van der Waals surface area contributed by atoms with E-state index in [1.165, 1.54) is 116 Å². The zero-order chi connectivity index (χ0) is 26.5. The Balaban J connectivity index is 3.43. The Hall–Kier alpha value is -1.10. The summed E-state index contributed by atoms with van der Waals surface area (Å²) in [7, 11) is 0. The van der Waals surface area contributed by atoms with Gasteiger partial charge in [-0.1, -0.05) is 142 Å². The second kappa shape index (κ2) is 28.5. The second-order valence-electron chi connectivity index (χ2n) is 10.6. The van der Waals surface area contributed by atoms with Crippen molar-refractivity contribution in [1.29, 1.82) is 0 Å². The molecule has 0 heterocycles. The predicted molar refractivity (Wildman–Crippen MR) is 152 cm³/mol. The Kier molecular flexibility index (Phi) is 27.6. The van der Waals surface area contributed by atoms with E-state index in [0.717, 1.165) is 25.7 Å². The van der Waals surface area contributed by atoms with Crippen LogP contribution < -0.4 is 5.73 Å². The summed E-state index contributed by atoms with van der Waals surface area (Å²) in [5.74, 6) is -0.670. The van der Waals surface area contributed by atoms with Crippen molar-refractivity contribution in [2.24, 2.45) is 5.73 Å². The Morgan fingerprint density at radius 3 is 1.25 bits per heavy atom. The first-order chi connectivity index (χ1) is 17.6. The number of unbranched alkanes of at least 4 members (excludes halogenated alkanes) is 20. The van der Waals surface area contributed by atoms with Crippen LogP contribution >= 0.6 is 0 Å². The van der Waals surface area contributed by atoms with Gasteiger partial charge in [-0.25, -0.2) is 0 Å². The van der Waals surface area contributed by atoms with Gasteiger partial charge in [0.2, 0.25) is 0 Å². The summed E-state index contributed by atoms with van der Waals surface area (Å²) in [4.78, 5) is 23.9. The molecule has 0 saturated carbocycles. The van der Waals surface area contributed by atoms with Crippen molar-refractivity contribution in [2.45, 2.75) is 174 Å². The van der Waals surface area contributed by atoms with E-state index in [2.05, 4.69) is 13.8 Å². The molecule has 2 N–H and O–H groups in total. The first kappa shape index (κ1) is 34.9. The zero-order valence-corrected chi connectivity index (χ0v) is 24.2. The summed E-state index contributed by atoms with van der Waals surface area (Å²) < 4.78 is 10.6. The molecule has 36 heavy (non-hydrogen) atoms. The van der Waals surface area contributed by atoms with Crippen LogP contribution in [0.15, 0.2) is 0 Å². The van der Waals surface area contributed by atoms with Gasteiger partial charge in [-0.2, -0.15) is 0 Å². The second-order valence-corrected chi connectivity index (χ2v) is 10.6. The van der Waals surface area contributed by atoms with E-state index in [1.807, 2.05) is 0 Å². The molecule has 0 radical (unpaired) electrons. The average molecular weight is 512 g/mol. The van der Waals surface area contributed by atoms with E-state index in [1.54, 1.807) is 0 Å². The fourth-order valence-electron chi connectivity index (χ4n) is 4.46. The molecule has 0 aliphatic heterocycles. The maximum Gasteiger partial charge on any atom is 0.322 e. The van der Waals surface area contributed by atoms with E-state index in [0.29, 0.717) is 13.2 Å². The summed E-state index contributed by atoms with van der Waals surface area (Å²) in [5, 5.41) is 0. The van der Waals surface area contributed by atoms with Crippen molar-refractivity contribution >= 4 is 11.9 Å². The number of esters is 2. The van der Waals surface area contributed by atoms with E-state index in [9.17, 15) is 9.59 Å². The Morgan fingerprint density at radius 1 is 0.528 bits per heavy atom. The molecule has 0 rings (SSSR count). The highest BCUT2D eigenvalue weighted by Crippen LogP contribution is 2.13. The van der Waals surface area contributed by atoms with E-state index >= 15 is 0 Å². The molecule has 0 aromatic rings. The SMILES string of the molecule is CCCCCCCCCCCCCOC(=O)CC[C@H](N)C(=O)OCCCCCCCCCCCCC. The third-order valence-electron chi connectivity index (χ3n) is 6.97. The third kappa shape index (κ3) is 26.0. The van der Waals surface area contributed by atoms with Gasteiger partial charge in [0.25, 0.3) is 0 Å². The number of nitrogens with two attached hydrogens (primary N) is 1. The molecule has 1 atom stereocenters. The molecule has 214 valence electrons. The molecule has 0 aromatic heterocycles. The number of carbonyl (C=O) groups is 2. The van der Waals surface area contributed by atoms with Gasteiger partial charge < -0.3 is 15.2 Å². The number of ether oxygens (including phenoxy) is 2. The van der Waals surface area contributed by atoms with Gasteiger partial charge in [0.1, 0.15) is 6.04 Å². The van der Waals surface area contributed by atoms with Crippen molar-refractivity contribution in [3.63, 3.8) is 0 Å². The van der Waals surface area contributed by atoms with Crippen LogP contribution in [0.25, 0.3) is 0 Å². The number of carbonyl (C=O) groups excluding carboxylic acids is 2. The van der Waals surface area contributed by atoms with E-state index in [-0.39, 0.29) is 18.8 Å². The van der Waals surface area contributed by atoms with Crippen molar-refractivity contribution < 1.29 is 19.1 Å². The highest BCUT2D eigenvalue weighted by molar-refractivity contribution is 5.77. The largest absolute Gasteiger partial charge is 0.466 e. The van der Waals surface area contributed by atoms with Gasteiger partial charge in [0, 0.05) is 6.42 Å². The predicted octanol–water partition coefficient (Wildman–Crippen LogP) is 8.80. The fraction of sp³-hybridized carbons (Fsp3) is 0.935. The lowest BCUT2D eigenvalue weighted by atomic mass is 10.1. The molecular weight excluding hydrogens is 450 g/mol. The monoisotopic (exact) mass is 511 g/mol. The smallest absolute Gasteiger partial charge is 0.322 e. The summed E-state index contributed by atoms with van der Waals surface area (Å²) in [6.07, 6.45) is 28.3. The van der Waals surface area contributed by atoms with Crippen molar-refractivity contribution in [3.05, 3.63) is 0 Å². The minimum Gasteiger partial charge on any atom is -0.466 e. The Labute approximate surface area is 224 Å². The minimum atomic E-state index is -0.743. The van der Waals surface area contributed by atoms with Crippen LogP contribution in [0.5, 0.6) is 0 Å². The fourth-order valence-corrected chi connectivity index (χ4v) is 4.46. The molecule has 0 saturated heterocycles. The maximum absolute atomic E-state index is 12.0. The zero-order valence-electron chi connectivity index (χ0n) is 24.2. The molecule has 5 nitrogen and oxygen atoms in total. The molecule has 0 aliphatic rings. The highest BCUT2D eigenvalue weighted by Gasteiger charge is 2.17. The summed E-state index contributed by atoms with van der Waals surface area (Å²) in [6, 6.07) is -0.743. The van der Waals surface area contributed by atoms with Crippen LogP contribution in [-0.2, 0) is 19.1 Å². The molecule has 0 spiro atoms.